The fraction of sp³-hybridized carbons (Fsp3) is 0.938. The van der Waals surface area contributed by atoms with Crippen LogP contribution >= 0.6 is 0 Å². The number of nitrogens with zero attached hydrogens (tertiary/aromatic N) is 2. The average molecular weight is 299 g/mol. The summed E-state index contributed by atoms with van der Waals surface area (Å²) in [5, 5.41) is 3.35. The van der Waals surface area contributed by atoms with Crippen LogP contribution in [0.3, 0.4) is 0 Å². The fourth-order valence-corrected chi connectivity index (χ4v) is 2.87. The molecule has 1 heterocycles. The van der Waals surface area contributed by atoms with Gasteiger partial charge in [0.15, 0.2) is 0 Å². The third-order valence-electron chi connectivity index (χ3n) is 4.46. The standard InChI is InChI=1S/C16H33N3O2/c1-5-9-17-16(3,15(20)21-4)8-7-10-19-13-11-18(6-2)12-14-19/h17H,5-14H2,1-4H3. The van der Waals surface area contributed by atoms with Crippen LogP contribution in [0.1, 0.15) is 40.0 Å². The van der Waals surface area contributed by atoms with E-state index in [0.717, 1.165) is 52.0 Å². The second kappa shape index (κ2) is 9.38. The Balaban J connectivity index is 2.34. The molecule has 1 aliphatic heterocycles. The predicted octanol–water partition coefficient (Wildman–Crippen LogP) is 1.34. The second-order valence-electron chi connectivity index (χ2n) is 6.13. The lowest BCUT2D eigenvalue weighted by Gasteiger charge is -2.35. The van der Waals surface area contributed by atoms with E-state index in [4.69, 9.17) is 4.74 Å². The number of carbonyl (C=O) groups is 1. The highest BCUT2D eigenvalue weighted by atomic mass is 16.5. The number of ether oxygens (including phenoxy) is 1. The Morgan fingerprint density at radius 1 is 1.19 bits per heavy atom. The molecule has 0 radical (unpaired) electrons. The monoisotopic (exact) mass is 299 g/mol. The lowest BCUT2D eigenvalue weighted by Crippen LogP contribution is -2.51. The van der Waals surface area contributed by atoms with Crippen LogP contribution in [0.5, 0.6) is 0 Å². The van der Waals surface area contributed by atoms with Gasteiger partial charge in [-0.05, 0) is 45.8 Å². The van der Waals surface area contributed by atoms with E-state index in [1.807, 2.05) is 6.92 Å². The first kappa shape index (κ1) is 18.4. The van der Waals surface area contributed by atoms with Gasteiger partial charge in [0.1, 0.15) is 5.54 Å². The van der Waals surface area contributed by atoms with Crippen molar-refractivity contribution in [3.63, 3.8) is 0 Å². The van der Waals surface area contributed by atoms with Crippen molar-refractivity contribution >= 4 is 5.97 Å². The summed E-state index contributed by atoms with van der Waals surface area (Å²) in [5.41, 5.74) is -0.546. The summed E-state index contributed by atoms with van der Waals surface area (Å²) in [6.45, 7) is 14.0. The third-order valence-corrected chi connectivity index (χ3v) is 4.46. The number of hydrogen-bond acceptors (Lipinski definition) is 5. The van der Waals surface area contributed by atoms with E-state index >= 15 is 0 Å². The van der Waals surface area contributed by atoms with Gasteiger partial charge in [-0.2, -0.15) is 0 Å². The minimum absolute atomic E-state index is 0.147. The first-order valence-corrected chi connectivity index (χ1v) is 8.34. The minimum Gasteiger partial charge on any atom is -0.468 e. The van der Waals surface area contributed by atoms with Crippen LogP contribution in [-0.2, 0) is 9.53 Å². The first-order valence-electron chi connectivity index (χ1n) is 8.34. The Kier molecular flexibility index (Phi) is 8.22. The highest BCUT2D eigenvalue weighted by Gasteiger charge is 2.33. The Morgan fingerprint density at radius 2 is 1.81 bits per heavy atom. The highest BCUT2D eigenvalue weighted by molar-refractivity contribution is 5.80. The molecule has 5 heteroatoms. The molecule has 0 aromatic heterocycles. The summed E-state index contributed by atoms with van der Waals surface area (Å²) in [4.78, 5) is 17.0. The predicted molar refractivity (Wildman–Crippen MR) is 86.5 cm³/mol. The van der Waals surface area contributed by atoms with Crippen molar-refractivity contribution in [1.82, 2.24) is 15.1 Å². The average Bonchev–Trinajstić information content (AvgIpc) is 2.52. The molecule has 21 heavy (non-hydrogen) atoms. The Hall–Kier alpha value is -0.650. The molecule has 1 saturated heterocycles. The number of carbonyl (C=O) groups excluding carboxylic acids is 1. The molecule has 1 rings (SSSR count). The summed E-state index contributed by atoms with van der Waals surface area (Å²) in [5.74, 6) is -0.147. The van der Waals surface area contributed by atoms with E-state index in [2.05, 4.69) is 29.0 Å². The van der Waals surface area contributed by atoms with Crippen LogP contribution in [0, 0.1) is 0 Å². The number of likely N-dealkylation sites (N-methyl/N-ethyl adjacent to an activating group) is 1. The maximum Gasteiger partial charge on any atom is 0.325 e. The first-order chi connectivity index (χ1) is 10.1. The fourth-order valence-electron chi connectivity index (χ4n) is 2.87. The van der Waals surface area contributed by atoms with E-state index in [-0.39, 0.29) is 5.97 Å². The number of nitrogens with one attached hydrogen (secondary N) is 1. The van der Waals surface area contributed by atoms with Crippen LogP contribution in [0.25, 0.3) is 0 Å². The smallest absolute Gasteiger partial charge is 0.325 e. The largest absolute Gasteiger partial charge is 0.468 e. The van der Waals surface area contributed by atoms with E-state index in [1.54, 1.807) is 0 Å². The number of esters is 1. The topological polar surface area (TPSA) is 44.8 Å². The van der Waals surface area contributed by atoms with Crippen molar-refractivity contribution in [2.24, 2.45) is 0 Å². The van der Waals surface area contributed by atoms with Crippen LogP contribution in [0.2, 0.25) is 0 Å². The molecule has 0 aliphatic carbocycles. The van der Waals surface area contributed by atoms with Crippen LogP contribution in [0.4, 0.5) is 0 Å². The molecule has 0 aromatic rings. The van der Waals surface area contributed by atoms with Gasteiger partial charge >= 0.3 is 5.97 Å². The quantitative estimate of drug-likeness (QED) is 0.651. The van der Waals surface area contributed by atoms with Gasteiger partial charge in [0.25, 0.3) is 0 Å². The van der Waals surface area contributed by atoms with E-state index in [0.29, 0.717) is 0 Å². The number of rotatable bonds is 9. The Labute approximate surface area is 130 Å². The van der Waals surface area contributed by atoms with Gasteiger partial charge in [0, 0.05) is 26.2 Å². The van der Waals surface area contributed by atoms with Crippen molar-refractivity contribution in [1.29, 1.82) is 0 Å². The third kappa shape index (κ3) is 5.93. The molecule has 1 aliphatic rings. The van der Waals surface area contributed by atoms with E-state index in [1.165, 1.54) is 20.2 Å². The maximum absolute atomic E-state index is 12.0. The van der Waals surface area contributed by atoms with Gasteiger partial charge in [-0.1, -0.05) is 13.8 Å². The van der Waals surface area contributed by atoms with Crippen molar-refractivity contribution in [3.05, 3.63) is 0 Å². The summed E-state index contributed by atoms with van der Waals surface area (Å²) in [6.07, 6.45) is 2.87. The van der Waals surface area contributed by atoms with Gasteiger partial charge in [0.05, 0.1) is 7.11 Å². The molecular formula is C16H33N3O2. The number of piperazine rings is 1. The van der Waals surface area contributed by atoms with Gasteiger partial charge in [0.2, 0.25) is 0 Å². The number of hydrogen-bond donors (Lipinski definition) is 1. The lowest BCUT2D eigenvalue weighted by atomic mass is 9.95. The summed E-state index contributed by atoms with van der Waals surface area (Å²) in [6, 6.07) is 0. The molecule has 124 valence electrons. The maximum atomic E-state index is 12.0. The van der Waals surface area contributed by atoms with Crippen molar-refractivity contribution in [3.8, 4) is 0 Å². The zero-order valence-corrected chi connectivity index (χ0v) is 14.3. The zero-order chi connectivity index (χ0) is 15.7. The van der Waals surface area contributed by atoms with E-state index < -0.39 is 5.54 Å². The summed E-state index contributed by atoms with van der Waals surface area (Å²) in [7, 11) is 1.47. The molecule has 0 spiro atoms. The molecule has 0 aromatic carbocycles. The highest BCUT2D eigenvalue weighted by Crippen LogP contribution is 2.15. The van der Waals surface area contributed by atoms with Gasteiger partial charge in [-0.15, -0.1) is 0 Å². The molecule has 0 amide bonds. The summed E-state index contributed by atoms with van der Waals surface area (Å²) < 4.78 is 4.96. The van der Waals surface area contributed by atoms with Crippen molar-refractivity contribution in [2.75, 3.05) is 52.9 Å². The van der Waals surface area contributed by atoms with E-state index in [9.17, 15) is 4.79 Å². The molecular weight excluding hydrogens is 266 g/mol. The molecule has 1 fully saturated rings. The van der Waals surface area contributed by atoms with Gasteiger partial charge in [-0.25, -0.2) is 0 Å². The van der Waals surface area contributed by atoms with Crippen molar-refractivity contribution in [2.45, 2.75) is 45.6 Å². The zero-order valence-electron chi connectivity index (χ0n) is 14.3. The second-order valence-corrected chi connectivity index (χ2v) is 6.13. The number of methoxy groups -OCH3 is 1. The van der Waals surface area contributed by atoms with Gasteiger partial charge in [-0.3, -0.25) is 4.79 Å². The van der Waals surface area contributed by atoms with Crippen LogP contribution in [-0.4, -0.2) is 74.2 Å². The SMILES string of the molecule is CCCNC(C)(CCCN1CCN(CC)CC1)C(=O)OC. The van der Waals surface area contributed by atoms with Crippen molar-refractivity contribution < 1.29 is 9.53 Å². The molecule has 5 nitrogen and oxygen atoms in total. The Bertz CT molecular complexity index is 304. The molecule has 0 saturated carbocycles. The molecule has 1 atom stereocenters. The van der Waals surface area contributed by atoms with Crippen LogP contribution < -0.4 is 5.32 Å². The van der Waals surface area contributed by atoms with Gasteiger partial charge < -0.3 is 19.9 Å². The van der Waals surface area contributed by atoms with Crippen LogP contribution in [0.15, 0.2) is 0 Å². The Morgan fingerprint density at radius 3 is 2.33 bits per heavy atom. The lowest BCUT2D eigenvalue weighted by molar-refractivity contribution is -0.148. The molecule has 1 unspecified atom stereocenters. The minimum atomic E-state index is -0.546. The molecule has 1 N–H and O–H groups in total. The summed E-state index contributed by atoms with van der Waals surface area (Å²) >= 11 is 0. The molecule has 0 bridgehead atoms. The normalized spacial score (nSPS) is 20.2.